The van der Waals surface area contributed by atoms with Crippen LogP contribution in [0.2, 0.25) is 0 Å². The highest BCUT2D eigenvalue weighted by atomic mass is 32.1. The van der Waals surface area contributed by atoms with Gasteiger partial charge in [-0.2, -0.15) is 0 Å². The number of nitrogens with one attached hydrogen (secondary N) is 2. The Morgan fingerprint density at radius 2 is 1.93 bits per heavy atom. The smallest absolute Gasteiger partial charge is 0.333 e. The number of H-pyrrole nitrogens is 1. The van der Waals surface area contributed by atoms with Gasteiger partial charge in [-0.3, -0.25) is 4.98 Å². The van der Waals surface area contributed by atoms with E-state index in [2.05, 4.69) is 10.3 Å². The van der Waals surface area contributed by atoms with Crippen molar-refractivity contribution in [3.8, 4) is 11.6 Å². The molecule has 7 heteroatoms. The molecule has 0 bridgehead atoms. The Hall–Kier alpha value is -1.96. The Bertz CT molecular complexity index is 993. The lowest BCUT2D eigenvalue weighted by atomic mass is 9.86. The van der Waals surface area contributed by atoms with Crippen LogP contribution in [-0.4, -0.2) is 32.9 Å². The van der Waals surface area contributed by atoms with Crippen LogP contribution in [0.3, 0.4) is 0 Å². The number of ether oxygens (including phenoxy) is 1. The minimum atomic E-state index is -0.873. The second-order valence-electron chi connectivity index (χ2n) is 9.02. The molecule has 1 aliphatic carbocycles. The molecular weight excluding hydrogens is 398 g/mol. The first-order chi connectivity index (χ1) is 14.4. The molecule has 162 valence electrons. The molecule has 4 rings (SSSR count). The third-order valence-corrected chi connectivity index (χ3v) is 6.78. The number of rotatable bonds is 5. The quantitative estimate of drug-likeness (QED) is 0.626. The summed E-state index contributed by atoms with van der Waals surface area (Å²) >= 11 is 5.52. The monoisotopic (exact) mass is 429 g/mol. The zero-order chi connectivity index (χ0) is 21.3. The Morgan fingerprint density at radius 3 is 2.63 bits per heavy atom. The molecule has 1 aliphatic heterocycles. The highest BCUT2D eigenvalue weighted by Gasteiger charge is 2.45. The van der Waals surface area contributed by atoms with Gasteiger partial charge >= 0.3 is 5.69 Å². The van der Waals surface area contributed by atoms with E-state index < -0.39 is 17.7 Å². The fraction of sp³-hybridized carbons (Fsp3) is 0.565. The van der Waals surface area contributed by atoms with E-state index in [1.807, 2.05) is 44.2 Å². The summed E-state index contributed by atoms with van der Waals surface area (Å²) in [4.78, 5) is 15.6. The van der Waals surface area contributed by atoms with Crippen LogP contribution < -0.4 is 15.7 Å². The van der Waals surface area contributed by atoms with Crippen LogP contribution in [0.15, 0.2) is 35.1 Å². The summed E-state index contributed by atoms with van der Waals surface area (Å²) in [5.74, 6) is 1.14. The first kappa shape index (κ1) is 21.3. The van der Waals surface area contributed by atoms with Gasteiger partial charge in [-0.05, 0) is 44.9 Å². The zero-order valence-electron chi connectivity index (χ0n) is 17.7. The van der Waals surface area contributed by atoms with E-state index in [1.54, 1.807) is 0 Å². The molecule has 2 heterocycles. The first-order valence-corrected chi connectivity index (χ1v) is 11.3. The largest absolute Gasteiger partial charge is 0.469 e. The number of aromatic amines is 1. The predicted octanol–water partition coefficient (Wildman–Crippen LogP) is 4.03. The van der Waals surface area contributed by atoms with Gasteiger partial charge in [0.05, 0.1) is 17.3 Å². The molecular formula is C23H31N3O3S. The molecule has 1 fully saturated rings. The molecule has 2 unspecified atom stereocenters. The molecule has 0 saturated heterocycles. The van der Waals surface area contributed by atoms with E-state index in [-0.39, 0.29) is 5.69 Å². The zero-order valence-corrected chi connectivity index (χ0v) is 18.5. The number of hydrogen-bond acceptors (Lipinski definition) is 5. The van der Waals surface area contributed by atoms with Crippen molar-refractivity contribution in [2.24, 2.45) is 5.92 Å². The Labute approximate surface area is 182 Å². The predicted molar refractivity (Wildman–Crippen MR) is 120 cm³/mol. The van der Waals surface area contributed by atoms with Crippen LogP contribution in [-0.2, 0) is 0 Å². The molecule has 3 N–H and O–H groups in total. The molecule has 2 aliphatic rings. The van der Waals surface area contributed by atoms with Gasteiger partial charge in [0.15, 0.2) is 0 Å². The summed E-state index contributed by atoms with van der Waals surface area (Å²) < 4.78 is 8.01. The minimum Gasteiger partial charge on any atom is -0.469 e. The van der Waals surface area contributed by atoms with Crippen LogP contribution in [0, 0.1) is 10.6 Å². The van der Waals surface area contributed by atoms with Gasteiger partial charge in [-0.1, -0.05) is 62.5 Å². The van der Waals surface area contributed by atoms with Gasteiger partial charge in [0.2, 0.25) is 5.88 Å². The lowest BCUT2D eigenvalue weighted by molar-refractivity contribution is -0.0695. The highest BCUT2D eigenvalue weighted by molar-refractivity contribution is 7.71. The fourth-order valence-electron chi connectivity index (χ4n) is 4.72. The molecule has 1 aromatic carbocycles. The number of aromatic nitrogens is 2. The molecule has 0 spiro atoms. The highest BCUT2D eigenvalue weighted by Crippen LogP contribution is 2.40. The number of hydrogen-bond donors (Lipinski definition) is 3. The summed E-state index contributed by atoms with van der Waals surface area (Å²) in [5.41, 5.74) is 0.113. The minimum absolute atomic E-state index is 0.312. The van der Waals surface area contributed by atoms with E-state index in [4.69, 9.17) is 17.0 Å². The van der Waals surface area contributed by atoms with Crippen molar-refractivity contribution in [3.05, 3.63) is 51.0 Å². The van der Waals surface area contributed by atoms with Crippen molar-refractivity contribution in [2.75, 3.05) is 6.54 Å². The Kier molecular flexibility index (Phi) is 6.14. The second-order valence-corrected chi connectivity index (χ2v) is 9.43. The average molecular weight is 430 g/mol. The molecule has 2 aromatic rings. The molecule has 1 saturated carbocycles. The molecule has 6 nitrogen and oxygen atoms in total. The van der Waals surface area contributed by atoms with Crippen LogP contribution in [0.1, 0.15) is 64.0 Å². The normalized spacial score (nSPS) is 23.6. The van der Waals surface area contributed by atoms with E-state index in [1.165, 1.54) is 36.7 Å². The van der Waals surface area contributed by atoms with Crippen molar-refractivity contribution in [2.45, 2.75) is 70.1 Å². The number of para-hydroxylation sites is 1. The Balaban J connectivity index is 1.71. The van der Waals surface area contributed by atoms with Crippen molar-refractivity contribution in [1.29, 1.82) is 0 Å². The fourth-order valence-corrected chi connectivity index (χ4v) is 5.02. The maximum atomic E-state index is 12.8. The third kappa shape index (κ3) is 4.11. The van der Waals surface area contributed by atoms with Gasteiger partial charge in [-0.25, -0.2) is 9.36 Å². The van der Waals surface area contributed by atoms with Gasteiger partial charge in [0, 0.05) is 0 Å². The van der Waals surface area contributed by atoms with Crippen molar-refractivity contribution in [3.63, 3.8) is 0 Å². The number of aliphatic hydroxyl groups excluding tert-OH is 1. The van der Waals surface area contributed by atoms with Gasteiger partial charge in [-0.15, -0.1) is 0 Å². The molecule has 0 radical (unpaired) electrons. The van der Waals surface area contributed by atoms with E-state index >= 15 is 0 Å². The standard InChI is InChI=1S/C23H31N3O3S/c1-23(2)19(27)18(24-14-13-15-9-5-3-6-10-15)17-20(30)25-22(28)26(21(17)29-23)16-11-7-4-8-12-16/h4,7-8,11-12,15,18-19,24,27H,3,5-6,9-10,13-14H2,1-2H3,(H,25,28,30). The van der Waals surface area contributed by atoms with E-state index in [0.717, 1.165) is 18.9 Å². The second kappa shape index (κ2) is 8.65. The third-order valence-electron chi connectivity index (χ3n) is 6.46. The van der Waals surface area contributed by atoms with Gasteiger partial charge in [0.25, 0.3) is 0 Å². The van der Waals surface area contributed by atoms with E-state index in [0.29, 0.717) is 21.8 Å². The van der Waals surface area contributed by atoms with Crippen LogP contribution >= 0.6 is 12.2 Å². The number of nitrogens with zero attached hydrogens (tertiary/aromatic N) is 1. The lowest BCUT2D eigenvalue weighted by Crippen LogP contribution is -2.54. The summed E-state index contributed by atoms with van der Waals surface area (Å²) in [6.07, 6.45) is 6.82. The van der Waals surface area contributed by atoms with Crippen molar-refractivity contribution < 1.29 is 9.84 Å². The summed E-state index contributed by atoms with van der Waals surface area (Å²) in [5, 5.41) is 14.6. The van der Waals surface area contributed by atoms with Crippen molar-refractivity contribution >= 4 is 12.2 Å². The molecule has 2 atom stereocenters. The topological polar surface area (TPSA) is 79.3 Å². The maximum absolute atomic E-state index is 12.8. The molecule has 0 amide bonds. The summed E-state index contributed by atoms with van der Waals surface area (Å²) in [6, 6.07) is 8.94. The Morgan fingerprint density at radius 1 is 1.23 bits per heavy atom. The van der Waals surface area contributed by atoms with Crippen LogP contribution in [0.25, 0.3) is 5.69 Å². The summed E-state index contributed by atoms with van der Waals surface area (Å²) in [7, 11) is 0. The van der Waals surface area contributed by atoms with Gasteiger partial charge in [0.1, 0.15) is 16.3 Å². The molecule has 30 heavy (non-hydrogen) atoms. The van der Waals surface area contributed by atoms with Crippen LogP contribution in [0.4, 0.5) is 0 Å². The number of aliphatic hydroxyl groups is 1. The van der Waals surface area contributed by atoms with Gasteiger partial charge < -0.3 is 15.2 Å². The van der Waals surface area contributed by atoms with E-state index in [9.17, 15) is 9.90 Å². The number of fused-ring (bicyclic) bond motifs is 1. The average Bonchev–Trinajstić information content (AvgIpc) is 2.72. The lowest BCUT2D eigenvalue weighted by Gasteiger charge is -2.42. The van der Waals surface area contributed by atoms with Crippen molar-refractivity contribution in [1.82, 2.24) is 14.9 Å². The maximum Gasteiger partial charge on any atom is 0.333 e. The summed E-state index contributed by atoms with van der Waals surface area (Å²) in [6.45, 7) is 4.48. The molecule has 1 aromatic heterocycles. The SMILES string of the molecule is CC1(C)Oc2c(c(=S)[nH]c(=O)n2-c2ccccc2)C(NCCC2CCCCC2)C1O. The first-order valence-electron chi connectivity index (χ1n) is 10.9. The number of benzene rings is 1. The van der Waals surface area contributed by atoms with Crippen LogP contribution in [0.5, 0.6) is 5.88 Å².